The number of carboxylic acid groups (broad SMARTS) is 1. The van der Waals surface area contributed by atoms with Gasteiger partial charge >= 0.3 is 5.97 Å². The fourth-order valence-corrected chi connectivity index (χ4v) is 4.76. The van der Waals surface area contributed by atoms with Crippen molar-refractivity contribution in [1.29, 1.82) is 0 Å². The lowest BCUT2D eigenvalue weighted by molar-refractivity contribution is 0.0688. The summed E-state index contributed by atoms with van der Waals surface area (Å²) >= 11 is 12.4. The Kier molecular flexibility index (Phi) is 5.85. The lowest BCUT2D eigenvalue weighted by Gasteiger charge is -2.28. The quantitative estimate of drug-likeness (QED) is 0.581. The zero-order chi connectivity index (χ0) is 23.2. The van der Waals surface area contributed by atoms with E-state index in [1.807, 2.05) is 0 Å². The Hall–Kier alpha value is -2.72. The van der Waals surface area contributed by atoms with Gasteiger partial charge in [-0.15, -0.1) is 0 Å². The Morgan fingerprint density at radius 2 is 1.84 bits per heavy atom. The number of carboxylic acids is 1. The number of halogens is 3. The number of sulfonamides is 1. The van der Waals surface area contributed by atoms with Crippen molar-refractivity contribution < 1.29 is 22.7 Å². The van der Waals surface area contributed by atoms with Gasteiger partial charge < -0.3 is 5.11 Å². The maximum absolute atomic E-state index is 13.4. The highest BCUT2D eigenvalue weighted by Crippen LogP contribution is 2.36. The summed E-state index contributed by atoms with van der Waals surface area (Å²) < 4.78 is 40.6. The normalized spacial score (nSPS) is 15.7. The predicted octanol–water partition coefficient (Wildman–Crippen LogP) is 4.33. The number of rotatable bonds is 4. The monoisotopic (exact) mass is 495 g/mol. The first kappa shape index (κ1) is 22.5. The molecular formula is C21H16Cl2FN3O4S. The summed E-state index contributed by atoms with van der Waals surface area (Å²) in [6.07, 6.45) is 2.72. The van der Waals surface area contributed by atoms with E-state index in [0.717, 1.165) is 10.6 Å². The van der Waals surface area contributed by atoms with Crippen LogP contribution in [0, 0.1) is 5.82 Å². The molecule has 1 aromatic heterocycles. The molecule has 166 valence electrons. The minimum atomic E-state index is -3.65. The summed E-state index contributed by atoms with van der Waals surface area (Å²) in [7, 11) is -3.65. The van der Waals surface area contributed by atoms with E-state index in [1.165, 1.54) is 35.0 Å². The molecule has 1 N–H and O–H groups in total. The van der Waals surface area contributed by atoms with Crippen molar-refractivity contribution in [3.8, 4) is 5.69 Å². The van der Waals surface area contributed by atoms with Gasteiger partial charge in [0, 0.05) is 23.7 Å². The summed E-state index contributed by atoms with van der Waals surface area (Å²) in [4.78, 5) is 12.0. The minimum absolute atomic E-state index is 0.0286. The van der Waals surface area contributed by atoms with Gasteiger partial charge in [0.1, 0.15) is 5.82 Å². The first-order valence-electron chi connectivity index (χ1n) is 9.27. The van der Waals surface area contributed by atoms with Gasteiger partial charge in [-0.2, -0.15) is 9.40 Å². The third-order valence-corrected chi connectivity index (χ3v) is 6.72. The Balaban J connectivity index is 2.01. The second kappa shape index (κ2) is 8.32. The molecule has 3 aromatic rings. The number of fused-ring (bicyclic) bond motifs is 1. The molecule has 2 heterocycles. The van der Waals surface area contributed by atoms with Crippen molar-refractivity contribution in [1.82, 2.24) is 14.1 Å². The fourth-order valence-electron chi connectivity index (χ4n) is 3.53. The number of benzene rings is 2. The topological polar surface area (TPSA) is 92.5 Å². The van der Waals surface area contributed by atoms with Gasteiger partial charge in [0.05, 0.1) is 22.7 Å². The Morgan fingerprint density at radius 3 is 2.44 bits per heavy atom. The molecule has 0 saturated carbocycles. The van der Waals surface area contributed by atoms with Gasteiger partial charge in [-0.05, 0) is 47.5 Å². The van der Waals surface area contributed by atoms with E-state index in [-0.39, 0.29) is 29.4 Å². The molecule has 4 rings (SSSR count). The van der Waals surface area contributed by atoms with Crippen LogP contribution >= 0.6 is 23.2 Å². The van der Waals surface area contributed by atoms with Crippen molar-refractivity contribution in [3.63, 3.8) is 0 Å². The standard InChI is InChI=1S/C21H16Cl2FN3O4S/c1-32(30,31)26-10-13(8-12-2-5-15(24)6-3-12)20-16(11-26)19(21(28)29)25-27(20)18-7-4-14(22)9-17(18)23/h2-9H,10-11H2,1H3,(H,28,29). The summed E-state index contributed by atoms with van der Waals surface area (Å²) in [5.41, 5.74) is 1.83. The molecular weight excluding hydrogens is 480 g/mol. The van der Waals surface area contributed by atoms with Gasteiger partial charge in [-0.3, -0.25) is 0 Å². The second-order valence-corrected chi connectivity index (χ2v) is 10.1. The highest BCUT2D eigenvalue weighted by molar-refractivity contribution is 7.88. The number of aromatic carboxylic acids is 1. The molecule has 0 radical (unpaired) electrons. The Bertz CT molecular complexity index is 1370. The van der Waals surface area contributed by atoms with Crippen molar-refractivity contribution in [2.75, 3.05) is 12.8 Å². The lowest BCUT2D eigenvalue weighted by Crippen LogP contribution is -2.35. The third kappa shape index (κ3) is 4.29. The average molecular weight is 496 g/mol. The van der Waals surface area contributed by atoms with E-state index in [0.29, 0.717) is 27.5 Å². The van der Waals surface area contributed by atoms with E-state index in [4.69, 9.17) is 23.2 Å². The van der Waals surface area contributed by atoms with Crippen molar-refractivity contribution in [3.05, 3.63) is 80.8 Å². The van der Waals surface area contributed by atoms with Crippen LogP contribution in [0.2, 0.25) is 10.0 Å². The van der Waals surface area contributed by atoms with Crippen LogP contribution in [0.3, 0.4) is 0 Å². The number of aromatic nitrogens is 2. The van der Waals surface area contributed by atoms with Crippen LogP contribution in [0.15, 0.2) is 42.5 Å². The molecule has 11 heteroatoms. The molecule has 0 atom stereocenters. The Morgan fingerprint density at radius 1 is 1.16 bits per heavy atom. The smallest absolute Gasteiger partial charge is 0.356 e. The van der Waals surface area contributed by atoms with Crippen LogP contribution in [0.4, 0.5) is 4.39 Å². The van der Waals surface area contributed by atoms with Crippen molar-refractivity contribution >= 4 is 50.8 Å². The minimum Gasteiger partial charge on any atom is -0.476 e. The molecule has 0 amide bonds. The number of hydrogen-bond donors (Lipinski definition) is 1. The first-order chi connectivity index (χ1) is 15.0. The molecule has 0 fully saturated rings. The largest absolute Gasteiger partial charge is 0.476 e. The number of carbonyl (C=O) groups is 1. The average Bonchev–Trinajstić information content (AvgIpc) is 3.09. The molecule has 0 bridgehead atoms. The predicted molar refractivity (Wildman–Crippen MR) is 120 cm³/mol. The molecule has 2 aromatic carbocycles. The number of nitrogens with zero attached hydrogens (tertiary/aromatic N) is 3. The zero-order valence-corrected chi connectivity index (χ0v) is 18.9. The molecule has 0 spiro atoms. The van der Waals surface area contributed by atoms with E-state index >= 15 is 0 Å². The van der Waals surface area contributed by atoms with E-state index < -0.39 is 21.8 Å². The molecule has 1 aliphatic rings. The highest BCUT2D eigenvalue weighted by Gasteiger charge is 2.35. The molecule has 1 aliphatic heterocycles. The summed E-state index contributed by atoms with van der Waals surface area (Å²) in [6.45, 7) is -0.194. The summed E-state index contributed by atoms with van der Waals surface area (Å²) in [5, 5.41) is 14.6. The SMILES string of the molecule is CS(=O)(=O)N1CC(=Cc2ccc(F)cc2)c2c(c(C(=O)O)nn2-c2ccc(Cl)cc2Cl)C1. The van der Waals surface area contributed by atoms with Crippen LogP contribution in [0.25, 0.3) is 17.3 Å². The van der Waals surface area contributed by atoms with Crippen LogP contribution < -0.4 is 0 Å². The zero-order valence-electron chi connectivity index (χ0n) is 16.6. The van der Waals surface area contributed by atoms with Gasteiger partial charge in [0.15, 0.2) is 5.69 Å². The van der Waals surface area contributed by atoms with Gasteiger partial charge in [-0.25, -0.2) is 22.3 Å². The van der Waals surface area contributed by atoms with Gasteiger partial charge in [-0.1, -0.05) is 35.3 Å². The van der Waals surface area contributed by atoms with E-state index in [1.54, 1.807) is 18.2 Å². The number of hydrogen-bond acceptors (Lipinski definition) is 4. The lowest BCUT2D eigenvalue weighted by atomic mass is 9.99. The summed E-state index contributed by atoms with van der Waals surface area (Å²) in [5.74, 6) is -1.72. The van der Waals surface area contributed by atoms with Crippen LogP contribution in [0.1, 0.15) is 27.3 Å². The fraction of sp³-hybridized carbons (Fsp3) is 0.143. The molecule has 7 nitrogen and oxygen atoms in total. The first-order valence-corrected chi connectivity index (χ1v) is 11.9. The summed E-state index contributed by atoms with van der Waals surface area (Å²) in [6, 6.07) is 10.3. The van der Waals surface area contributed by atoms with Crippen LogP contribution in [0.5, 0.6) is 0 Å². The van der Waals surface area contributed by atoms with Gasteiger partial charge in [0.2, 0.25) is 10.0 Å². The van der Waals surface area contributed by atoms with E-state index in [9.17, 15) is 22.7 Å². The van der Waals surface area contributed by atoms with Gasteiger partial charge in [0.25, 0.3) is 0 Å². The third-order valence-electron chi connectivity index (χ3n) is 4.99. The van der Waals surface area contributed by atoms with Crippen molar-refractivity contribution in [2.24, 2.45) is 0 Å². The van der Waals surface area contributed by atoms with E-state index in [2.05, 4.69) is 5.10 Å². The van der Waals surface area contributed by atoms with Crippen molar-refractivity contribution in [2.45, 2.75) is 6.54 Å². The second-order valence-electron chi connectivity index (χ2n) is 7.24. The highest BCUT2D eigenvalue weighted by atomic mass is 35.5. The molecule has 0 aliphatic carbocycles. The maximum Gasteiger partial charge on any atom is 0.356 e. The van der Waals surface area contributed by atoms with Crippen LogP contribution in [-0.2, 0) is 16.6 Å². The molecule has 0 unspecified atom stereocenters. The maximum atomic E-state index is 13.4. The Labute approximate surface area is 193 Å². The molecule has 0 saturated heterocycles. The molecule has 32 heavy (non-hydrogen) atoms. The van der Waals surface area contributed by atoms with Crippen LogP contribution in [-0.4, -0.2) is 46.4 Å².